The molecule has 0 atom stereocenters. The fourth-order valence-corrected chi connectivity index (χ4v) is 1.82. The van der Waals surface area contributed by atoms with E-state index in [0.29, 0.717) is 17.8 Å². The van der Waals surface area contributed by atoms with Crippen LogP contribution in [0.5, 0.6) is 0 Å². The Hall–Kier alpha value is -1.88. The lowest BCUT2D eigenvalue weighted by atomic mass is 10.1. The van der Waals surface area contributed by atoms with Crippen LogP contribution in [-0.2, 0) is 4.79 Å². The third-order valence-electron chi connectivity index (χ3n) is 2.63. The lowest BCUT2D eigenvalue weighted by molar-refractivity contribution is -0.116. The summed E-state index contributed by atoms with van der Waals surface area (Å²) in [5.41, 5.74) is 2.17. The number of nitrogens with one attached hydrogen (secondary N) is 2. The van der Waals surface area contributed by atoms with Gasteiger partial charge < -0.3 is 15.5 Å². The third-order valence-corrected chi connectivity index (χ3v) is 2.63. The maximum absolute atomic E-state index is 11.9. The first-order chi connectivity index (χ1) is 9.29. The molecule has 0 heterocycles. The number of carbonyl (C=O) groups excluding carboxylic acids is 2. The van der Waals surface area contributed by atoms with E-state index in [1.165, 1.54) is 0 Å². The molecular weight excluding hydrogens is 254 g/mol. The monoisotopic (exact) mass is 277 g/mol. The number of nitrogens with zero attached hydrogens (tertiary/aromatic N) is 1. The number of rotatable bonds is 5. The number of amides is 2. The van der Waals surface area contributed by atoms with Gasteiger partial charge in [0.15, 0.2) is 0 Å². The Balaban J connectivity index is 2.78. The minimum Gasteiger partial charge on any atom is -0.350 e. The highest BCUT2D eigenvalue weighted by atomic mass is 16.2. The van der Waals surface area contributed by atoms with E-state index < -0.39 is 0 Å². The quantitative estimate of drug-likeness (QED) is 0.860. The summed E-state index contributed by atoms with van der Waals surface area (Å²) in [6.07, 6.45) is 0. The van der Waals surface area contributed by atoms with Crippen LogP contribution in [0.2, 0.25) is 0 Å². The summed E-state index contributed by atoms with van der Waals surface area (Å²) in [6, 6.07) is 5.39. The van der Waals surface area contributed by atoms with Gasteiger partial charge in [-0.2, -0.15) is 0 Å². The molecule has 1 rings (SSSR count). The van der Waals surface area contributed by atoms with Gasteiger partial charge in [-0.15, -0.1) is 0 Å². The predicted octanol–water partition coefficient (Wildman–Crippen LogP) is 1.63. The van der Waals surface area contributed by atoms with Crippen molar-refractivity contribution in [2.75, 3.05) is 26.0 Å². The normalized spacial score (nSPS) is 10.8. The summed E-state index contributed by atoms with van der Waals surface area (Å²) in [6.45, 7) is 6.03. The van der Waals surface area contributed by atoms with Gasteiger partial charge in [-0.25, -0.2) is 0 Å². The van der Waals surface area contributed by atoms with Crippen molar-refractivity contribution in [2.24, 2.45) is 0 Å². The zero-order valence-electron chi connectivity index (χ0n) is 12.8. The number of hydrogen-bond donors (Lipinski definition) is 2. The van der Waals surface area contributed by atoms with E-state index >= 15 is 0 Å². The molecular formula is C15H23N3O2. The van der Waals surface area contributed by atoms with Gasteiger partial charge in [-0.3, -0.25) is 9.59 Å². The van der Waals surface area contributed by atoms with Crippen LogP contribution in [0.15, 0.2) is 18.2 Å². The van der Waals surface area contributed by atoms with E-state index in [-0.39, 0.29) is 17.9 Å². The first-order valence-corrected chi connectivity index (χ1v) is 6.65. The molecule has 2 amide bonds. The molecule has 0 saturated heterocycles. The first-order valence-electron chi connectivity index (χ1n) is 6.65. The van der Waals surface area contributed by atoms with Gasteiger partial charge in [0.25, 0.3) is 5.91 Å². The van der Waals surface area contributed by atoms with Crippen LogP contribution in [0.3, 0.4) is 0 Å². The summed E-state index contributed by atoms with van der Waals surface area (Å²) < 4.78 is 0. The van der Waals surface area contributed by atoms with Crippen LogP contribution in [-0.4, -0.2) is 43.4 Å². The van der Waals surface area contributed by atoms with E-state index in [9.17, 15) is 9.59 Å². The standard InChI is InChI=1S/C15H23N3O2/c1-10(2)16-15(20)13-7-6-12(8-11(13)3)17-14(19)9-18(4)5/h6-8,10H,9H2,1-5H3,(H,16,20)(H,17,19). The van der Waals surface area contributed by atoms with Gasteiger partial charge in [0.1, 0.15) is 0 Å². The predicted molar refractivity (Wildman–Crippen MR) is 81.0 cm³/mol. The van der Waals surface area contributed by atoms with Gasteiger partial charge >= 0.3 is 0 Å². The fraction of sp³-hybridized carbons (Fsp3) is 0.467. The molecule has 0 aliphatic carbocycles. The van der Waals surface area contributed by atoms with Crippen LogP contribution in [0.25, 0.3) is 0 Å². The van der Waals surface area contributed by atoms with Crippen molar-refractivity contribution < 1.29 is 9.59 Å². The molecule has 110 valence electrons. The Morgan fingerprint density at radius 3 is 2.40 bits per heavy atom. The Morgan fingerprint density at radius 2 is 1.90 bits per heavy atom. The number of aryl methyl sites for hydroxylation is 1. The Labute approximate surface area is 120 Å². The number of benzene rings is 1. The lowest BCUT2D eigenvalue weighted by Gasteiger charge is -2.13. The maximum atomic E-state index is 11.9. The highest BCUT2D eigenvalue weighted by Crippen LogP contribution is 2.15. The molecule has 0 aliphatic heterocycles. The molecule has 0 bridgehead atoms. The minimum atomic E-state index is -0.0938. The van der Waals surface area contributed by atoms with Crippen molar-refractivity contribution in [3.05, 3.63) is 29.3 Å². The molecule has 0 saturated carbocycles. The zero-order chi connectivity index (χ0) is 15.3. The molecule has 1 aromatic carbocycles. The minimum absolute atomic E-state index is 0.0752. The molecule has 0 aliphatic rings. The number of carbonyl (C=O) groups is 2. The second-order valence-electron chi connectivity index (χ2n) is 5.44. The van der Waals surface area contributed by atoms with Gasteiger partial charge in [0.2, 0.25) is 5.91 Å². The maximum Gasteiger partial charge on any atom is 0.251 e. The summed E-state index contributed by atoms with van der Waals surface area (Å²) in [5.74, 6) is -0.169. The highest BCUT2D eigenvalue weighted by Gasteiger charge is 2.11. The van der Waals surface area contributed by atoms with Gasteiger partial charge in [0, 0.05) is 17.3 Å². The lowest BCUT2D eigenvalue weighted by Crippen LogP contribution is -2.30. The molecule has 0 radical (unpaired) electrons. The average Bonchev–Trinajstić information content (AvgIpc) is 2.26. The van der Waals surface area contributed by atoms with Gasteiger partial charge in [-0.05, 0) is 58.6 Å². The number of anilines is 1. The third kappa shape index (κ3) is 5.01. The summed E-state index contributed by atoms with van der Waals surface area (Å²) in [5, 5.41) is 5.66. The van der Waals surface area contributed by atoms with E-state index in [1.807, 2.05) is 40.9 Å². The van der Waals surface area contributed by atoms with E-state index in [4.69, 9.17) is 0 Å². The summed E-state index contributed by atoms with van der Waals surface area (Å²) in [4.78, 5) is 25.4. The average molecular weight is 277 g/mol. The number of likely N-dealkylation sites (N-methyl/N-ethyl adjacent to an activating group) is 1. The molecule has 1 aromatic rings. The summed E-state index contributed by atoms with van der Waals surface area (Å²) >= 11 is 0. The molecule has 0 unspecified atom stereocenters. The van der Waals surface area contributed by atoms with Crippen molar-refractivity contribution in [3.8, 4) is 0 Å². The molecule has 0 fully saturated rings. The highest BCUT2D eigenvalue weighted by molar-refractivity contribution is 5.97. The van der Waals surface area contributed by atoms with Crippen molar-refractivity contribution in [3.63, 3.8) is 0 Å². The van der Waals surface area contributed by atoms with Crippen molar-refractivity contribution in [1.82, 2.24) is 10.2 Å². The largest absolute Gasteiger partial charge is 0.350 e. The molecule has 0 spiro atoms. The fourth-order valence-electron chi connectivity index (χ4n) is 1.82. The summed E-state index contributed by atoms with van der Waals surface area (Å²) in [7, 11) is 3.67. The zero-order valence-corrected chi connectivity index (χ0v) is 12.8. The van der Waals surface area contributed by atoms with Crippen LogP contribution < -0.4 is 10.6 Å². The topological polar surface area (TPSA) is 61.4 Å². The molecule has 2 N–H and O–H groups in total. The van der Waals surface area contributed by atoms with Crippen LogP contribution in [0.4, 0.5) is 5.69 Å². The van der Waals surface area contributed by atoms with Crippen molar-refractivity contribution in [2.45, 2.75) is 26.8 Å². The van der Waals surface area contributed by atoms with Crippen LogP contribution in [0.1, 0.15) is 29.8 Å². The van der Waals surface area contributed by atoms with Crippen molar-refractivity contribution >= 4 is 17.5 Å². The van der Waals surface area contributed by atoms with E-state index in [1.54, 1.807) is 17.0 Å². The Morgan fingerprint density at radius 1 is 1.25 bits per heavy atom. The second-order valence-corrected chi connectivity index (χ2v) is 5.44. The molecule has 5 heteroatoms. The SMILES string of the molecule is Cc1cc(NC(=O)CN(C)C)ccc1C(=O)NC(C)C. The molecule has 20 heavy (non-hydrogen) atoms. The smallest absolute Gasteiger partial charge is 0.251 e. The Bertz CT molecular complexity index is 496. The first kappa shape index (κ1) is 16.2. The number of hydrogen-bond acceptors (Lipinski definition) is 3. The van der Waals surface area contributed by atoms with Gasteiger partial charge in [-0.1, -0.05) is 0 Å². The molecule has 0 aromatic heterocycles. The van der Waals surface area contributed by atoms with E-state index in [2.05, 4.69) is 10.6 Å². The van der Waals surface area contributed by atoms with Crippen molar-refractivity contribution in [1.29, 1.82) is 0 Å². The van der Waals surface area contributed by atoms with Gasteiger partial charge in [0.05, 0.1) is 6.54 Å². The molecule has 5 nitrogen and oxygen atoms in total. The van der Waals surface area contributed by atoms with E-state index in [0.717, 1.165) is 5.56 Å². The van der Waals surface area contributed by atoms with Crippen LogP contribution in [0, 0.1) is 6.92 Å². The second kappa shape index (κ2) is 7.05. The Kier molecular flexibility index (Phi) is 5.70. The van der Waals surface area contributed by atoms with Crippen LogP contribution >= 0.6 is 0 Å².